The van der Waals surface area contributed by atoms with Crippen molar-refractivity contribution in [3.05, 3.63) is 36.2 Å². The van der Waals surface area contributed by atoms with E-state index in [-0.39, 0.29) is 5.56 Å². The Kier molecular flexibility index (Phi) is 3.70. The standard InChI is InChI=1S/C13H16N4O2/c1-2-5-17-8-10(7-16-17)19-12-6-9(14)3-4-11(12)13(15)18/h3-4,6-8H,2,5,14H2,1H3,(H2,15,18). The van der Waals surface area contributed by atoms with Crippen LogP contribution < -0.4 is 16.2 Å². The first kappa shape index (κ1) is 12.9. The summed E-state index contributed by atoms with van der Waals surface area (Å²) in [5.74, 6) is 0.320. The van der Waals surface area contributed by atoms with Gasteiger partial charge in [-0.1, -0.05) is 6.92 Å². The van der Waals surface area contributed by atoms with E-state index in [4.69, 9.17) is 16.2 Å². The molecule has 0 aliphatic heterocycles. The van der Waals surface area contributed by atoms with E-state index in [1.807, 2.05) is 0 Å². The predicted octanol–water partition coefficient (Wildman–Crippen LogP) is 1.77. The zero-order valence-electron chi connectivity index (χ0n) is 10.7. The zero-order valence-corrected chi connectivity index (χ0v) is 10.7. The fraction of sp³-hybridized carbons (Fsp3) is 0.231. The summed E-state index contributed by atoms with van der Waals surface area (Å²) in [7, 11) is 0. The van der Waals surface area contributed by atoms with Crippen LogP contribution in [0.1, 0.15) is 23.7 Å². The fourth-order valence-electron chi connectivity index (χ4n) is 1.70. The lowest BCUT2D eigenvalue weighted by molar-refractivity contribution is 0.0998. The number of nitrogens with zero attached hydrogens (tertiary/aromatic N) is 2. The quantitative estimate of drug-likeness (QED) is 0.800. The summed E-state index contributed by atoms with van der Waals surface area (Å²) < 4.78 is 7.38. The van der Waals surface area contributed by atoms with Crippen molar-refractivity contribution in [2.24, 2.45) is 5.73 Å². The number of ether oxygens (including phenoxy) is 1. The Balaban J connectivity index is 2.26. The summed E-state index contributed by atoms with van der Waals surface area (Å²) >= 11 is 0. The van der Waals surface area contributed by atoms with Gasteiger partial charge in [0.1, 0.15) is 5.75 Å². The van der Waals surface area contributed by atoms with Crippen molar-refractivity contribution in [1.82, 2.24) is 9.78 Å². The maximum absolute atomic E-state index is 11.3. The van der Waals surface area contributed by atoms with Gasteiger partial charge in [-0.25, -0.2) is 0 Å². The van der Waals surface area contributed by atoms with E-state index < -0.39 is 5.91 Å². The average Bonchev–Trinajstić information content (AvgIpc) is 2.77. The van der Waals surface area contributed by atoms with Crippen LogP contribution in [0.3, 0.4) is 0 Å². The number of hydrogen-bond acceptors (Lipinski definition) is 4. The fourth-order valence-corrected chi connectivity index (χ4v) is 1.70. The van der Waals surface area contributed by atoms with Gasteiger partial charge in [-0.3, -0.25) is 9.48 Å². The first-order valence-corrected chi connectivity index (χ1v) is 5.99. The first-order valence-electron chi connectivity index (χ1n) is 5.99. The summed E-state index contributed by atoms with van der Waals surface area (Å²) in [6, 6.07) is 4.72. The lowest BCUT2D eigenvalue weighted by atomic mass is 10.1. The minimum Gasteiger partial charge on any atom is -0.453 e. The van der Waals surface area contributed by atoms with Crippen molar-refractivity contribution >= 4 is 11.6 Å². The molecule has 6 nitrogen and oxygen atoms in total. The van der Waals surface area contributed by atoms with Gasteiger partial charge in [0.2, 0.25) is 0 Å². The number of rotatable bonds is 5. The number of nitrogen functional groups attached to an aromatic ring is 1. The zero-order chi connectivity index (χ0) is 13.8. The number of carbonyl (C=O) groups is 1. The summed E-state index contributed by atoms with van der Waals surface area (Å²) in [5, 5.41) is 4.14. The monoisotopic (exact) mass is 260 g/mol. The topological polar surface area (TPSA) is 96.2 Å². The smallest absolute Gasteiger partial charge is 0.252 e. The minimum absolute atomic E-state index is 0.289. The van der Waals surface area contributed by atoms with Crippen molar-refractivity contribution in [3.8, 4) is 11.5 Å². The Morgan fingerprint density at radius 1 is 1.47 bits per heavy atom. The summed E-state index contributed by atoms with van der Waals surface area (Å²) in [5.41, 5.74) is 11.8. The van der Waals surface area contributed by atoms with Crippen molar-refractivity contribution in [1.29, 1.82) is 0 Å². The Morgan fingerprint density at radius 2 is 2.26 bits per heavy atom. The van der Waals surface area contributed by atoms with Crippen LogP contribution in [0.5, 0.6) is 11.5 Å². The third-order valence-corrected chi connectivity index (χ3v) is 2.56. The molecule has 0 fully saturated rings. The van der Waals surface area contributed by atoms with Crippen molar-refractivity contribution in [2.45, 2.75) is 19.9 Å². The molecule has 0 bridgehead atoms. The molecule has 0 spiro atoms. The highest BCUT2D eigenvalue weighted by atomic mass is 16.5. The molecule has 0 aliphatic carbocycles. The van der Waals surface area contributed by atoms with Gasteiger partial charge in [-0.05, 0) is 18.6 Å². The average molecular weight is 260 g/mol. The van der Waals surface area contributed by atoms with Crippen LogP contribution in [0.2, 0.25) is 0 Å². The molecule has 1 aromatic carbocycles. The number of aryl methyl sites for hydroxylation is 1. The van der Waals surface area contributed by atoms with Gasteiger partial charge in [0.25, 0.3) is 5.91 Å². The van der Waals surface area contributed by atoms with Gasteiger partial charge in [0.15, 0.2) is 5.75 Å². The Bertz CT molecular complexity index is 592. The number of hydrogen-bond donors (Lipinski definition) is 2. The number of primary amides is 1. The molecule has 2 aromatic rings. The number of nitrogens with two attached hydrogens (primary N) is 2. The Hall–Kier alpha value is -2.50. The lowest BCUT2D eigenvalue weighted by Gasteiger charge is -2.08. The molecule has 1 amide bonds. The summed E-state index contributed by atoms with van der Waals surface area (Å²) in [6.45, 7) is 2.87. The molecule has 19 heavy (non-hydrogen) atoms. The molecule has 0 aliphatic rings. The van der Waals surface area contributed by atoms with Crippen LogP contribution >= 0.6 is 0 Å². The molecule has 0 saturated heterocycles. The van der Waals surface area contributed by atoms with Gasteiger partial charge < -0.3 is 16.2 Å². The highest BCUT2D eigenvalue weighted by molar-refractivity contribution is 5.96. The third-order valence-electron chi connectivity index (χ3n) is 2.56. The molecular weight excluding hydrogens is 244 g/mol. The number of amides is 1. The van der Waals surface area contributed by atoms with Crippen LogP contribution in [0.25, 0.3) is 0 Å². The molecular formula is C13H16N4O2. The number of carbonyl (C=O) groups excluding carboxylic acids is 1. The summed E-state index contributed by atoms with van der Waals surface area (Å²) in [6.07, 6.45) is 4.33. The van der Waals surface area contributed by atoms with Gasteiger partial charge >= 0.3 is 0 Å². The van der Waals surface area contributed by atoms with Crippen molar-refractivity contribution < 1.29 is 9.53 Å². The largest absolute Gasteiger partial charge is 0.453 e. The molecule has 0 saturated carbocycles. The Morgan fingerprint density at radius 3 is 2.95 bits per heavy atom. The van der Waals surface area contributed by atoms with Gasteiger partial charge in [-0.2, -0.15) is 5.10 Å². The van der Waals surface area contributed by atoms with Crippen LogP contribution in [0, 0.1) is 0 Å². The molecule has 1 heterocycles. The molecule has 100 valence electrons. The first-order chi connectivity index (χ1) is 9.10. The second kappa shape index (κ2) is 5.43. The minimum atomic E-state index is -0.559. The molecule has 4 N–H and O–H groups in total. The molecule has 0 atom stereocenters. The van der Waals surface area contributed by atoms with Gasteiger partial charge in [-0.15, -0.1) is 0 Å². The maximum atomic E-state index is 11.3. The van der Waals surface area contributed by atoms with Crippen LogP contribution in [0.15, 0.2) is 30.6 Å². The highest BCUT2D eigenvalue weighted by Crippen LogP contribution is 2.27. The normalized spacial score (nSPS) is 10.4. The molecule has 6 heteroatoms. The summed E-state index contributed by atoms with van der Waals surface area (Å²) in [4.78, 5) is 11.3. The van der Waals surface area contributed by atoms with E-state index in [0.29, 0.717) is 17.2 Å². The second-order valence-electron chi connectivity index (χ2n) is 4.16. The second-order valence-corrected chi connectivity index (χ2v) is 4.16. The van der Waals surface area contributed by atoms with E-state index in [1.165, 1.54) is 0 Å². The highest BCUT2D eigenvalue weighted by Gasteiger charge is 2.11. The van der Waals surface area contributed by atoms with Gasteiger partial charge in [0.05, 0.1) is 18.0 Å². The van der Waals surface area contributed by atoms with Crippen LogP contribution in [0.4, 0.5) is 5.69 Å². The maximum Gasteiger partial charge on any atom is 0.252 e. The van der Waals surface area contributed by atoms with Crippen LogP contribution in [-0.4, -0.2) is 15.7 Å². The molecule has 1 aromatic heterocycles. The van der Waals surface area contributed by atoms with Crippen molar-refractivity contribution in [3.63, 3.8) is 0 Å². The van der Waals surface area contributed by atoms with E-state index in [2.05, 4.69) is 12.0 Å². The van der Waals surface area contributed by atoms with Crippen molar-refractivity contribution in [2.75, 3.05) is 5.73 Å². The number of anilines is 1. The number of aromatic nitrogens is 2. The van der Waals surface area contributed by atoms with E-state index in [9.17, 15) is 4.79 Å². The van der Waals surface area contributed by atoms with E-state index in [0.717, 1.165) is 13.0 Å². The molecule has 0 radical (unpaired) electrons. The lowest BCUT2D eigenvalue weighted by Crippen LogP contribution is -2.12. The van der Waals surface area contributed by atoms with E-state index in [1.54, 1.807) is 35.3 Å². The van der Waals surface area contributed by atoms with Gasteiger partial charge in [0, 0.05) is 18.3 Å². The molecule has 0 unspecified atom stereocenters. The Labute approximate surface area is 111 Å². The van der Waals surface area contributed by atoms with Crippen LogP contribution in [-0.2, 0) is 6.54 Å². The molecule has 2 rings (SSSR count). The third kappa shape index (κ3) is 3.04. The SMILES string of the molecule is CCCn1cc(Oc2cc(N)ccc2C(N)=O)cn1. The van der Waals surface area contributed by atoms with E-state index >= 15 is 0 Å². The predicted molar refractivity (Wildman–Crippen MR) is 72.0 cm³/mol. The number of benzene rings is 1.